The number of rotatable bonds is 9. The SMILES string of the molecule is O=C(Nc1ccccc1-c1ccccc1)NC1CCN(CCCN2CCC(C(=O)c3ccc(F)cc3)CC2)CC1. The molecule has 0 aromatic heterocycles. The summed E-state index contributed by atoms with van der Waals surface area (Å²) < 4.78 is 13.2. The van der Waals surface area contributed by atoms with Gasteiger partial charge >= 0.3 is 6.03 Å². The summed E-state index contributed by atoms with van der Waals surface area (Å²) in [6, 6.07) is 23.9. The van der Waals surface area contributed by atoms with Gasteiger partial charge in [0.15, 0.2) is 5.78 Å². The molecule has 5 rings (SSSR count). The zero-order chi connectivity index (χ0) is 27.7. The Morgan fingerprint density at radius 1 is 0.750 bits per heavy atom. The molecule has 2 amide bonds. The van der Waals surface area contributed by atoms with Gasteiger partial charge in [0.1, 0.15) is 5.82 Å². The molecule has 7 heteroatoms. The Bertz CT molecular complexity index is 1250. The second-order valence-electron chi connectivity index (χ2n) is 11.0. The van der Waals surface area contributed by atoms with Crippen LogP contribution in [0.25, 0.3) is 11.1 Å². The maximum Gasteiger partial charge on any atom is 0.319 e. The van der Waals surface area contributed by atoms with E-state index >= 15 is 0 Å². The van der Waals surface area contributed by atoms with E-state index < -0.39 is 0 Å². The van der Waals surface area contributed by atoms with Gasteiger partial charge in [0.25, 0.3) is 0 Å². The van der Waals surface area contributed by atoms with E-state index in [0.717, 1.165) is 88.2 Å². The van der Waals surface area contributed by atoms with Gasteiger partial charge in [-0.05, 0) is 94.2 Å². The molecule has 0 spiro atoms. The third kappa shape index (κ3) is 7.55. The molecule has 210 valence electrons. The number of halogens is 1. The number of anilines is 1. The highest BCUT2D eigenvalue weighted by Gasteiger charge is 2.26. The summed E-state index contributed by atoms with van der Waals surface area (Å²) in [6.45, 7) is 5.94. The molecule has 2 saturated heterocycles. The van der Waals surface area contributed by atoms with Gasteiger partial charge in [0.05, 0.1) is 5.69 Å². The predicted molar refractivity (Wildman–Crippen MR) is 158 cm³/mol. The Labute approximate surface area is 236 Å². The van der Waals surface area contributed by atoms with Crippen molar-refractivity contribution in [1.82, 2.24) is 15.1 Å². The molecule has 3 aromatic carbocycles. The molecule has 3 aromatic rings. The van der Waals surface area contributed by atoms with Gasteiger partial charge in [-0.15, -0.1) is 0 Å². The van der Waals surface area contributed by atoms with Crippen molar-refractivity contribution in [3.05, 3.63) is 90.2 Å². The number of urea groups is 1. The van der Waals surface area contributed by atoms with Crippen LogP contribution in [0, 0.1) is 11.7 Å². The van der Waals surface area contributed by atoms with Crippen molar-refractivity contribution in [3.63, 3.8) is 0 Å². The molecule has 0 aliphatic carbocycles. The highest BCUT2D eigenvalue weighted by molar-refractivity contribution is 5.98. The van der Waals surface area contributed by atoms with Crippen molar-refractivity contribution in [2.75, 3.05) is 44.6 Å². The minimum absolute atomic E-state index is 0.0391. The standard InChI is InChI=1S/C33H39FN4O2/c34-28-13-11-26(12-14-28)32(39)27-15-21-37(22-16-27)19-6-20-38-23-17-29(18-24-38)35-33(40)36-31-10-5-4-9-30(31)25-7-2-1-3-8-25/h1-5,7-14,27,29H,6,15-24H2,(H2,35,36,40). The Kier molecular flexibility index (Phi) is 9.58. The number of hydrogen-bond donors (Lipinski definition) is 2. The highest BCUT2D eigenvalue weighted by atomic mass is 19.1. The normalized spacial score (nSPS) is 17.4. The Morgan fingerprint density at radius 2 is 1.35 bits per heavy atom. The first kappa shape index (κ1) is 28.0. The number of nitrogens with zero attached hydrogens (tertiary/aromatic N) is 2. The predicted octanol–water partition coefficient (Wildman–Crippen LogP) is 6.06. The highest BCUT2D eigenvalue weighted by Crippen LogP contribution is 2.27. The first-order valence-electron chi connectivity index (χ1n) is 14.5. The molecule has 2 aliphatic heterocycles. The van der Waals surface area contributed by atoms with Gasteiger partial charge < -0.3 is 20.4 Å². The number of carbonyl (C=O) groups excluding carboxylic acids is 2. The molecule has 2 N–H and O–H groups in total. The van der Waals surface area contributed by atoms with Gasteiger partial charge in [-0.25, -0.2) is 9.18 Å². The minimum Gasteiger partial charge on any atom is -0.335 e. The number of para-hydroxylation sites is 1. The minimum atomic E-state index is -0.307. The monoisotopic (exact) mass is 542 g/mol. The lowest BCUT2D eigenvalue weighted by Crippen LogP contribution is -2.46. The van der Waals surface area contributed by atoms with Crippen LogP contribution in [0.15, 0.2) is 78.9 Å². The molecule has 0 saturated carbocycles. The first-order chi connectivity index (χ1) is 19.5. The van der Waals surface area contributed by atoms with Crippen LogP contribution in [0.2, 0.25) is 0 Å². The Hall–Kier alpha value is -3.55. The van der Waals surface area contributed by atoms with Crippen LogP contribution in [0.4, 0.5) is 14.9 Å². The maximum atomic E-state index is 13.2. The molecule has 2 heterocycles. The van der Waals surface area contributed by atoms with Crippen molar-refractivity contribution in [2.24, 2.45) is 5.92 Å². The summed E-state index contributed by atoms with van der Waals surface area (Å²) in [5, 5.41) is 6.23. The fourth-order valence-corrected chi connectivity index (χ4v) is 5.89. The molecule has 2 aliphatic rings. The second-order valence-corrected chi connectivity index (χ2v) is 11.0. The fourth-order valence-electron chi connectivity index (χ4n) is 5.89. The van der Waals surface area contributed by atoms with Gasteiger partial charge in [-0.3, -0.25) is 4.79 Å². The number of nitrogens with one attached hydrogen (secondary N) is 2. The van der Waals surface area contributed by atoms with E-state index in [4.69, 9.17) is 0 Å². The summed E-state index contributed by atoms with van der Waals surface area (Å²) in [4.78, 5) is 30.4. The Morgan fingerprint density at radius 3 is 2.02 bits per heavy atom. The van der Waals surface area contributed by atoms with E-state index in [2.05, 4.69) is 20.4 Å². The summed E-state index contributed by atoms with van der Waals surface area (Å²) in [5.41, 5.74) is 3.52. The largest absolute Gasteiger partial charge is 0.335 e. The third-order valence-corrected chi connectivity index (χ3v) is 8.22. The first-order valence-corrected chi connectivity index (χ1v) is 14.5. The van der Waals surface area contributed by atoms with Crippen molar-refractivity contribution in [3.8, 4) is 11.1 Å². The van der Waals surface area contributed by atoms with E-state index in [9.17, 15) is 14.0 Å². The number of carbonyl (C=O) groups is 2. The van der Waals surface area contributed by atoms with Crippen molar-refractivity contribution in [1.29, 1.82) is 0 Å². The van der Waals surface area contributed by atoms with E-state index in [1.54, 1.807) is 12.1 Å². The second kappa shape index (κ2) is 13.7. The average Bonchev–Trinajstić information content (AvgIpc) is 2.99. The van der Waals surface area contributed by atoms with Crippen LogP contribution in [-0.4, -0.2) is 66.9 Å². The summed E-state index contributed by atoms with van der Waals surface area (Å²) in [7, 11) is 0. The zero-order valence-electron chi connectivity index (χ0n) is 23.0. The van der Waals surface area contributed by atoms with E-state index in [0.29, 0.717) is 5.56 Å². The zero-order valence-corrected chi connectivity index (χ0v) is 23.0. The van der Waals surface area contributed by atoms with E-state index in [-0.39, 0.29) is 29.6 Å². The molecular formula is C33H39FN4O2. The number of hydrogen-bond acceptors (Lipinski definition) is 4. The average molecular weight is 543 g/mol. The lowest BCUT2D eigenvalue weighted by molar-refractivity contribution is 0.0834. The third-order valence-electron chi connectivity index (χ3n) is 8.22. The lowest BCUT2D eigenvalue weighted by atomic mass is 9.89. The van der Waals surface area contributed by atoms with Crippen molar-refractivity contribution < 1.29 is 14.0 Å². The van der Waals surface area contributed by atoms with Gasteiger partial charge in [0.2, 0.25) is 0 Å². The molecule has 0 unspecified atom stereocenters. The molecule has 2 fully saturated rings. The number of likely N-dealkylation sites (tertiary alicyclic amines) is 2. The fraction of sp³-hybridized carbons (Fsp3) is 0.394. The topological polar surface area (TPSA) is 64.7 Å². The number of piperidine rings is 2. The number of Topliss-reactive ketones (excluding diaryl/α,β-unsaturated/α-hetero) is 1. The van der Waals surface area contributed by atoms with Crippen LogP contribution < -0.4 is 10.6 Å². The smallest absolute Gasteiger partial charge is 0.319 e. The summed E-state index contributed by atoms with van der Waals surface area (Å²) in [6.07, 6.45) is 4.73. The maximum absolute atomic E-state index is 13.2. The molecule has 0 bridgehead atoms. The molecule has 6 nitrogen and oxygen atoms in total. The molecule has 0 atom stereocenters. The van der Waals surface area contributed by atoms with Crippen LogP contribution >= 0.6 is 0 Å². The van der Waals surface area contributed by atoms with Crippen LogP contribution in [0.5, 0.6) is 0 Å². The molecule has 0 radical (unpaired) electrons. The van der Waals surface area contributed by atoms with Crippen molar-refractivity contribution >= 4 is 17.5 Å². The molecule has 40 heavy (non-hydrogen) atoms. The van der Waals surface area contributed by atoms with Crippen LogP contribution in [0.3, 0.4) is 0 Å². The molecular weight excluding hydrogens is 503 g/mol. The van der Waals surface area contributed by atoms with Gasteiger partial charge in [-0.2, -0.15) is 0 Å². The van der Waals surface area contributed by atoms with Crippen LogP contribution in [-0.2, 0) is 0 Å². The summed E-state index contributed by atoms with van der Waals surface area (Å²) >= 11 is 0. The van der Waals surface area contributed by atoms with E-state index in [1.165, 1.54) is 12.1 Å². The lowest BCUT2D eigenvalue weighted by Gasteiger charge is -2.34. The number of ketones is 1. The van der Waals surface area contributed by atoms with Gasteiger partial charge in [0, 0.05) is 36.2 Å². The Balaban J connectivity index is 0.980. The number of amides is 2. The quantitative estimate of drug-likeness (QED) is 0.323. The van der Waals surface area contributed by atoms with E-state index in [1.807, 2.05) is 54.6 Å². The number of benzene rings is 3. The van der Waals surface area contributed by atoms with Gasteiger partial charge in [-0.1, -0.05) is 48.5 Å². The van der Waals surface area contributed by atoms with Crippen LogP contribution in [0.1, 0.15) is 42.5 Å². The van der Waals surface area contributed by atoms with Crippen molar-refractivity contribution in [2.45, 2.75) is 38.1 Å². The summed E-state index contributed by atoms with van der Waals surface area (Å²) in [5.74, 6) is -0.125.